The Morgan fingerprint density at radius 2 is 1.92 bits per heavy atom. The van der Waals surface area contributed by atoms with Crippen LogP contribution in [0.1, 0.15) is 21.6 Å². The van der Waals surface area contributed by atoms with Gasteiger partial charge in [0.25, 0.3) is 5.91 Å². The van der Waals surface area contributed by atoms with E-state index in [1.54, 1.807) is 19.1 Å². The molecule has 0 aliphatic carbocycles. The summed E-state index contributed by atoms with van der Waals surface area (Å²) in [4.78, 5) is 17.1. The normalized spacial score (nSPS) is 10.6. The number of nitrogens with one attached hydrogen (secondary N) is 1. The van der Waals surface area contributed by atoms with Gasteiger partial charge in [-0.15, -0.1) is 0 Å². The van der Waals surface area contributed by atoms with Gasteiger partial charge in [0.05, 0.1) is 23.9 Å². The van der Waals surface area contributed by atoms with Crippen molar-refractivity contribution in [1.82, 2.24) is 4.98 Å². The number of carbonyl (C=O) groups is 1. The highest BCUT2D eigenvalue weighted by atomic mass is 16.5. The molecule has 0 fully saturated rings. The maximum atomic E-state index is 12.6. The molecule has 0 unspecified atom stereocenters. The smallest absolute Gasteiger partial charge is 0.257 e. The van der Waals surface area contributed by atoms with E-state index in [2.05, 4.69) is 10.3 Å². The Balaban J connectivity index is 1.93. The van der Waals surface area contributed by atoms with Crippen LogP contribution in [0.2, 0.25) is 0 Å². The number of hydrogen-bond acceptors (Lipinski definition) is 4. The van der Waals surface area contributed by atoms with Crippen molar-refractivity contribution in [3.8, 4) is 11.5 Å². The number of nitrogens with zero attached hydrogens (tertiary/aromatic N) is 1. The topological polar surface area (TPSA) is 71.5 Å². The minimum absolute atomic E-state index is 0.0284. The molecule has 24 heavy (non-hydrogen) atoms. The van der Waals surface area contributed by atoms with Crippen molar-refractivity contribution in [3.63, 3.8) is 0 Å². The fourth-order valence-corrected chi connectivity index (χ4v) is 2.59. The molecule has 122 valence electrons. The molecular weight excluding hydrogens is 304 g/mol. The molecule has 2 aromatic carbocycles. The number of anilines is 1. The van der Waals surface area contributed by atoms with Gasteiger partial charge in [-0.2, -0.15) is 0 Å². The molecule has 0 bridgehead atoms. The Labute approximate surface area is 139 Å². The minimum Gasteiger partial charge on any atom is -0.504 e. The van der Waals surface area contributed by atoms with Crippen LogP contribution in [0, 0.1) is 13.8 Å². The zero-order valence-electron chi connectivity index (χ0n) is 13.8. The van der Waals surface area contributed by atoms with E-state index >= 15 is 0 Å². The zero-order chi connectivity index (χ0) is 17.3. The molecule has 5 heteroatoms. The molecule has 0 aliphatic rings. The summed E-state index contributed by atoms with van der Waals surface area (Å²) in [5.41, 5.74) is 3.61. The lowest BCUT2D eigenvalue weighted by molar-refractivity contribution is 0.102. The molecule has 3 aromatic rings. The molecule has 1 aromatic heterocycles. The van der Waals surface area contributed by atoms with Gasteiger partial charge in [0.15, 0.2) is 11.5 Å². The van der Waals surface area contributed by atoms with Gasteiger partial charge in [-0.1, -0.05) is 11.6 Å². The second kappa shape index (κ2) is 6.20. The highest BCUT2D eigenvalue weighted by Gasteiger charge is 2.13. The second-order valence-electron chi connectivity index (χ2n) is 5.66. The van der Waals surface area contributed by atoms with Crippen LogP contribution in [0.4, 0.5) is 5.69 Å². The Hall–Kier alpha value is -3.08. The predicted molar refractivity (Wildman–Crippen MR) is 93.8 cm³/mol. The fourth-order valence-electron chi connectivity index (χ4n) is 2.59. The van der Waals surface area contributed by atoms with E-state index in [4.69, 9.17) is 4.74 Å². The highest BCUT2D eigenvalue weighted by Crippen LogP contribution is 2.29. The summed E-state index contributed by atoms with van der Waals surface area (Å²) in [6.07, 6.45) is 0. The second-order valence-corrected chi connectivity index (χ2v) is 5.66. The monoisotopic (exact) mass is 322 g/mol. The van der Waals surface area contributed by atoms with Gasteiger partial charge in [-0.3, -0.25) is 9.78 Å². The Morgan fingerprint density at radius 3 is 2.62 bits per heavy atom. The number of benzene rings is 2. The third kappa shape index (κ3) is 3.01. The molecule has 3 rings (SSSR count). The average Bonchev–Trinajstić information content (AvgIpc) is 2.54. The van der Waals surface area contributed by atoms with Crippen LogP contribution in [0.25, 0.3) is 10.9 Å². The van der Waals surface area contributed by atoms with Crippen molar-refractivity contribution in [2.45, 2.75) is 13.8 Å². The number of methoxy groups -OCH3 is 1. The Kier molecular flexibility index (Phi) is 4.08. The van der Waals surface area contributed by atoms with E-state index in [-0.39, 0.29) is 11.7 Å². The van der Waals surface area contributed by atoms with Crippen LogP contribution < -0.4 is 10.1 Å². The number of ether oxygens (including phenoxy) is 1. The summed E-state index contributed by atoms with van der Waals surface area (Å²) in [6.45, 7) is 3.80. The van der Waals surface area contributed by atoms with Crippen LogP contribution in [0.3, 0.4) is 0 Å². The first-order valence-corrected chi connectivity index (χ1v) is 7.54. The SMILES string of the molecule is COc1ccc(NC(=O)c2cc3cc(C)ccc3nc2C)cc1O. The molecule has 1 amide bonds. The third-order valence-corrected chi connectivity index (χ3v) is 3.84. The molecule has 0 aliphatic heterocycles. The van der Waals surface area contributed by atoms with E-state index in [0.29, 0.717) is 22.7 Å². The van der Waals surface area contributed by atoms with Crippen molar-refractivity contribution in [3.05, 3.63) is 59.3 Å². The van der Waals surface area contributed by atoms with Gasteiger partial charge in [-0.25, -0.2) is 0 Å². The van der Waals surface area contributed by atoms with Crippen molar-refractivity contribution in [1.29, 1.82) is 0 Å². The van der Waals surface area contributed by atoms with Crippen LogP contribution in [0.15, 0.2) is 42.5 Å². The number of carbonyl (C=O) groups excluding carboxylic acids is 1. The summed E-state index contributed by atoms with van der Waals surface area (Å²) in [6, 6.07) is 12.5. The molecule has 0 saturated carbocycles. The third-order valence-electron chi connectivity index (χ3n) is 3.84. The van der Waals surface area contributed by atoms with Crippen LogP contribution in [0.5, 0.6) is 11.5 Å². The van der Waals surface area contributed by atoms with Crippen LogP contribution in [-0.4, -0.2) is 23.1 Å². The van der Waals surface area contributed by atoms with Crippen LogP contribution >= 0.6 is 0 Å². The lowest BCUT2D eigenvalue weighted by Crippen LogP contribution is -2.14. The molecule has 0 atom stereocenters. The van der Waals surface area contributed by atoms with Gasteiger partial charge in [0.2, 0.25) is 0 Å². The lowest BCUT2D eigenvalue weighted by Gasteiger charge is -2.10. The quantitative estimate of drug-likeness (QED) is 0.769. The van der Waals surface area contributed by atoms with Crippen molar-refractivity contribution < 1.29 is 14.6 Å². The van der Waals surface area contributed by atoms with Gasteiger partial charge in [-0.05, 0) is 44.2 Å². The highest BCUT2D eigenvalue weighted by molar-refractivity contribution is 6.06. The first-order valence-electron chi connectivity index (χ1n) is 7.54. The number of rotatable bonds is 3. The number of phenolic OH excluding ortho intramolecular Hbond substituents is 1. The number of fused-ring (bicyclic) bond motifs is 1. The number of hydrogen-bond donors (Lipinski definition) is 2. The number of aromatic nitrogens is 1. The van der Waals surface area contributed by atoms with Gasteiger partial charge < -0.3 is 15.2 Å². The van der Waals surface area contributed by atoms with Crippen molar-refractivity contribution in [2.75, 3.05) is 12.4 Å². The molecule has 0 saturated heterocycles. The summed E-state index contributed by atoms with van der Waals surface area (Å²) in [7, 11) is 1.47. The summed E-state index contributed by atoms with van der Waals surface area (Å²) in [5, 5.41) is 13.5. The molecule has 0 radical (unpaired) electrons. The van der Waals surface area contributed by atoms with Crippen LogP contribution in [-0.2, 0) is 0 Å². The fraction of sp³-hybridized carbons (Fsp3) is 0.158. The molecule has 1 heterocycles. The Bertz CT molecular complexity index is 935. The van der Waals surface area contributed by atoms with Gasteiger partial charge in [0, 0.05) is 17.1 Å². The maximum absolute atomic E-state index is 12.6. The number of aryl methyl sites for hydroxylation is 2. The summed E-state index contributed by atoms with van der Waals surface area (Å²) >= 11 is 0. The molecule has 5 nitrogen and oxygen atoms in total. The van der Waals surface area contributed by atoms with Crippen molar-refractivity contribution >= 4 is 22.5 Å². The largest absolute Gasteiger partial charge is 0.504 e. The number of phenols is 1. The number of pyridine rings is 1. The minimum atomic E-state index is -0.270. The van der Waals surface area contributed by atoms with E-state index in [0.717, 1.165) is 16.5 Å². The first kappa shape index (κ1) is 15.8. The first-order chi connectivity index (χ1) is 11.5. The summed E-state index contributed by atoms with van der Waals surface area (Å²) < 4.78 is 5.00. The van der Waals surface area contributed by atoms with E-state index in [1.807, 2.05) is 31.2 Å². The average molecular weight is 322 g/mol. The lowest BCUT2D eigenvalue weighted by atomic mass is 10.1. The standard InChI is InChI=1S/C19H18N2O3/c1-11-4-6-16-13(8-11)9-15(12(2)20-16)19(23)21-14-5-7-18(24-3)17(22)10-14/h4-10,22H,1-3H3,(H,21,23). The van der Waals surface area contributed by atoms with E-state index < -0.39 is 0 Å². The predicted octanol–water partition coefficient (Wildman–Crippen LogP) is 3.82. The Morgan fingerprint density at radius 1 is 1.12 bits per heavy atom. The molecular formula is C19H18N2O3. The van der Waals surface area contributed by atoms with Gasteiger partial charge >= 0.3 is 0 Å². The molecule has 0 spiro atoms. The van der Waals surface area contributed by atoms with E-state index in [9.17, 15) is 9.90 Å². The van der Waals surface area contributed by atoms with Crippen molar-refractivity contribution in [2.24, 2.45) is 0 Å². The number of amides is 1. The zero-order valence-corrected chi connectivity index (χ0v) is 13.8. The summed E-state index contributed by atoms with van der Waals surface area (Å²) in [5.74, 6) is 0.0549. The van der Waals surface area contributed by atoms with E-state index in [1.165, 1.54) is 13.2 Å². The van der Waals surface area contributed by atoms with Gasteiger partial charge in [0.1, 0.15) is 0 Å². The maximum Gasteiger partial charge on any atom is 0.257 e. The molecule has 2 N–H and O–H groups in total. The number of aromatic hydroxyl groups is 1.